The highest BCUT2D eigenvalue weighted by Crippen LogP contribution is 2.29. The number of halogens is 2. The summed E-state index contributed by atoms with van der Waals surface area (Å²) in [7, 11) is 0. The van der Waals surface area contributed by atoms with E-state index in [-0.39, 0.29) is 11.6 Å². The molecular formula is C19H20F2. The highest BCUT2D eigenvalue weighted by molar-refractivity contribution is 5.30. The summed E-state index contributed by atoms with van der Waals surface area (Å²) in [5.41, 5.74) is 4.18. The van der Waals surface area contributed by atoms with Crippen molar-refractivity contribution in [3.8, 4) is 0 Å². The molecule has 1 atom stereocenters. The quantitative estimate of drug-likeness (QED) is 0.744. The molecule has 0 N–H and O–H groups in total. The normalized spacial score (nSPS) is 17.6. The van der Waals surface area contributed by atoms with Gasteiger partial charge < -0.3 is 0 Å². The molecule has 0 radical (unpaired) electrons. The first kappa shape index (κ1) is 14.2. The molecule has 1 aliphatic rings. The molecule has 0 saturated heterocycles. The zero-order chi connectivity index (χ0) is 14.8. The van der Waals surface area contributed by atoms with E-state index in [0.29, 0.717) is 5.92 Å². The lowest BCUT2D eigenvalue weighted by Crippen LogP contribution is -2.15. The van der Waals surface area contributed by atoms with Crippen LogP contribution in [0.2, 0.25) is 0 Å². The van der Waals surface area contributed by atoms with Crippen LogP contribution in [0.4, 0.5) is 8.78 Å². The molecule has 0 aromatic heterocycles. The second-order valence-corrected chi connectivity index (χ2v) is 6.16. The van der Waals surface area contributed by atoms with Crippen LogP contribution in [-0.4, -0.2) is 0 Å². The van der Waals surface area contributed by atoms with Crippen LogP contribution in [0.25, 0.3) is 0 Å². The van der Waals surface area contributed by atoms with E-state index >= 15 is 0 Å². The third-order valence-electron chi connectivity index (χ3n) is 4.53. The monoisotopic (exact) mass is 286 g/mol. The van der Waals surface area contributed by atoms with Gasteiger partial charge in [-0.3, -0.25) is 0 Å². The van der Waals surface area contributed by atoms with Gasteiger partial charge in [0.25, 0.3) is 0 Å². The average molecular weight is 286 g/mol. The van der Waals surface area contributed by atoms with Crippen LogP contribution in [0, 0.1) is 24.5 Å². The van der Waals surface area contributed by atoms with Crippen molar-refractivity contribution in [3.63, 3.8) is 0 Å². The maximum absolute atomic E-state index is 13.8. The second kappa shape index (κ2) is 5.97. The molecule has 1 unspecified atom stereocenters. The molecular weight excluding hydrogens is 266 g/mol. The Balaban J connectivity index is 1.63. The van der Waals surface area contributed by atoms with Gasteiger partial charge >= 0.3 is 0 Å². The summed E-state index contributed by atoms with van der Waals surface area (Å²) in [5.74, 6) is 0.339. The lowest BCUT2D eigenvalue weighted by molar-refractivity contribution is 0.422. The van der Waals surface area contributed by atoms with E-state index in [4.69, 9.17) is 0 Å². The molecule has 0 nitrogen and oxygen atoms in total. The number of hydrogen-bond donors (Lipinski definition) is 0. The first-order valence-corrected chi connectivity index (χ1v) is 7.64. The van der Waals surface area contributed by atoms with Crippen molar-refractivity contribution in [2.75, 3.05) is 0 Å². The predicted molar refractivity (Wildman–Crippen MR) is 81.4 cm³/mol. The Morgan fingerprint density at radius 3 is 2.71 bits per heavy atom. The SMILES string of the molecule is Cc1ccc(CCC2CCc3cc(F)ccc3C2)c(F)c1. The minimum atomic E-state index is -0.145. The third-order valence-corrected chi connectivity index (χ3v) is 4.53. The Hall–Kier alpha value is -1.70. The van der Waals surface area contributed by atoms with Gasteiger partial charge in [-0.05, 0) is 85.4 Å². The lowest BCUT2D eigenvalue weighted by atomic mass is 9.81. The van der Waals surface area contributed by atoms with Gasteiger partial charge in [-0.2, -0.15) is 0 Å². The van der Waals surface area contributed by atoms with E-state index in [9.17, 15) is 8.78 Å². The van der Waals surface area contributed by atoms with Gasteiger partial charge in [0.15, 0.2) is 0 Å². The molecule has 21 heavy (non-hydrogen) atoms. The Morgan fingerprint density at radius 1 is 1.05 bits per heavy atom. The van der Waals surface area contributed by atoms with Crippen molar-refractivity contribution >= 4 is 0 Å². The molecule has 0 bridgehead atoms. The highest BCUT2D eigenvalue weighted by Gasteiger charge is 2.19. The van der Waals surface area contributed by atoms with E-state index in [1.165, 1.54) is 5.56 Å². The summed E-state index contributed by atoms with van der Waals surface area (Å²) in [5, 5.41) is 0. The maximum Gasteiger partial charge on any atom is 0.126 e. The Kier molecular flexibility index (Phi) is 4.05. The van der Waals surface area contributed by atoms with Gasteiger partial charge in [0.05, 0.1) is 0 Å². The Labute approximate surface area is 124 Å². The van der Waals surface area contributed by atoms with Gasteiger partial charge in [-0.25, -0.2) is 8.78 Å². The van der Waals surface area contributed by atoms with Crippen LogP contribution in [0.3, 0.4) is 0 Å². The van der Waals surface area contributed by atoms with E-state index in [0.717, 1.165) is 48.8 Å². The number of benzene rings is 2. The van der Waals surface area contributed by atoms with Crippen LogP contribution in [0.5, 0.6) is 0 Å². The predicted octanol–water partition coefficient (Wildman–Crippen LogP) is 5.01. The smallest absolute Gasteiger partial charge is 0.126 e. The fraction of sp³-hybridized carbons (Fsp3) is 0.368. The molecule has 2 heteroatoms. The molecule has 3 rings (SSSR count). The summed E-state index contributed by atoms with van der Waals surface area (Å²) in [6.45, 7) is 1.91. The molecule has 0 saturated carbocycles. The van der Waals surface area contributed by atoms with E-state index in [2.05, 4.69) is 0 Å². The Morgan fingerprint density at radius 2 is 1.90 bits per heavy atom. The molecule has 2 aromatic rings. The summed E-state index contributed by atoms with van der Waals surface area (Å²) < 4.78 is 27.0. The molecule has 0 spiro atoms. The summed E-state index contributed by atoms with van der Waals surface area (Å²) >= 11 is 0. The Bertz CT molecular complexity index is 646. The van der Waals surface area contributed by atoms with Gasteiger partial charge in [-0.15, -0.1) is 0 Å². The van der Waals surface area contributed by atoms with Gasteiger partial charge in [0, 0.05) is 0 Å². The summed E-state index contributed by atoms with van der Waals surface area (Å²) in [4.78, 5) is 0. The average Bonchev–Trinajstić information content (AvgIpc) is 2.46. The van der Waals surface area contributed by atoms with E-state index in [1.54, 1.807) is 18.2 Å². The number of hydrogen-bond acceptors (Lipinski definition) is 0. The van der Waals surface area contributed by atoms with Crippen LogP contribution < -0.4 is 0 Å². The van der Waals surface area contributed by atoms with Gasteiger partial charge in [0.2, 0.25) is 0 Å². The van der Waals surface area contributed by atoms with Gasteiger partial charge in [-0.1, -0.05) is 18.2 Å². The molecule has 0 aliphatic heterocycles. The largest absolute Gasteiger partial charge is 0.207 e. The zero-order valence-corrected chi connectivity index (χ0v) is 12.3. The molecule has 0 amide bonds. The molecule has 0 heterocycles. The summed E-state index contributed by atoms with van der Waals surface area (Å²) in [6, 6.07) is 10.6. The number of aryl methyl sites for hydroxylation is 3. The minimum absolute atomic E-state index is 0.0896. The van der Waals surface area contributed by atoms with Crippen molar-refractivity contribution in [2.24, 2.45) is 5.92 Å². The second-order valence-electron chi connectivity index (χ2n) is 6.16. The summed E-state index contributed by atoms with van der Waals surface area (Å²) in [6.07, 6.45) is 4.78. The number of fused-ring (bicyclic) bond motifs is 1. The van der Waals surface area contributed by atoms with Crippen molar-refractivity contribution in [1.82, 2.24) is 0 Å². The minimum Gasteiger partial charge on any atom is -0.207 e. The van der Waals surface area contributed by atoms with Crippen LogP contribution in [-0.2, 0) is 19.3 Å². The van der Waals surface area contributed by atoms with E-state index < -0.39 is 0 Å². The zero-order valence-electron chi connectivity index (χ0n) is 12.3. The van der Waals surface area contributed by atoms with Gasteiger partial charge in [0.1, 0.15) is 11.6 Å². The van der Waals surface area contributed by atoms with Crippen molar-refractivity contribution < 1.29 is 8.78 Å². The molecule has 2 aromatic carbocycles. The third kappa shape index (κ3) is 3.31. The fourth-order valence-electron chi connectivity index (χ4n) is 3.26. The van der Waals surface area contributed by atoms with Crippen LogP contribution in [0.15, 0.2) is 36.4 Å². The fourth-order valence-corrected chi connectivity index (χ4v) is 3.26. The van der Waals surface area contributed by atoms with Crippen molar-refractivity contribution in [1.29, 1.82) is 0 Å². The topological polar surface area (TPSA) is 0 Å². The van der Waals surface area contributed by atoms with Crippen molar-refractivity contribution in [2.45, 2.75) is 39.0 Å². The molecule has 110 valence electrons. The highest BCUT2D eigenvalue weighted by atomic mass is 19.1. The first-order chi connectivity index (χ1) is 10.1. The van der Waals surface area contributed by atoms with Crippen molar-refractivity contribution in [3.05, 3.63) is 70.3 Å². The standard InChI is InChI=1S/C19H20F2/c1-13-2-5-15(19(21)10-13)6-3-14-4-7-17-12-18(20)9-8-16(17)11-14/h2,5,8-10,12,14H,3-4,6-7,11H2,1H3. The van der Waals surface area contributed by atoms with Crippen LogP contribution in [0.1, 0.15) is 35.1 Å². The maximum atomic E-state index is 13.8. The lowest BCUT2D eigenvalue weighted by Gasteiger charge is -2.24. The van der Waals surface area contributed by atoms with E-state index in [1.807, 2.05) is 25.1 Å². The number of rotatable bonds is 3. The molecule has 1 aliphatic carbocycles. The first-order valence-electron chi connectivity index (χ1n) is 7.64. The molecule has 0 fully saturated rings. The van der Waals surface area contributed by atoms with Crippen LogP contribution >= 0.6 is 0 Å².